The lowest BCUT2D eigenvalue weighted by Gasteiger charge is -2.08. The molecular formula is C12H11F3N2O2. The van der Waals surface area contributed by atoms with Gasteiger partial charge in [-0.15, -0.1) is 13.2 Å². The fourth-order valence-corrected chi connectivity index (χ4v) is 2.00. The fraction of sp³-hybridized carbons (Fsp3) is 0.250. The predicted molar refractivity (Wildman–Crippen MR) is 62.9 cm³/mol. The van der Waals surface area contributed by atoms with E-state index < -0.39 is 12.3 Å². The van der Waals surface area contributed by atoms with Crippen LogP contribution in [0.3, 0.4) is 0 Å². The van der Waals surface area contributed by atoms with Gasteiger partial charge in [0.15, 0.2) is 0 Å². The minimum absolute atomic E-state index is 0.210. The van der Waals surface area contributed by atoms with Crippen LogP contribution in [-0.4, -0.2) is 17.3 Å². The fourth-order valence-electron chi connectivity index (χ4n) is 2.00. The lowest BCUT2D eigenvalue weighted by molar-refractivity contribution is -0.274. The van der Waals surface area contributed by atoms with Crippen LogP contribution in [0.2, 0.25) is 0 Å². The van der Waals surface area contributed by atoms with Crippen LogP contribution in [0.4, 0.5) is 13.2 Å². The number of fused-ring (bicyclic) bond motifs is 1. The smallest absolute Gasteiger partial charge is 0.406 e. The van der Waals surface area contributed by atoms with E-state index in [0.717, 1.165) is 0 Å². The maximum absolute atomic E-state index is 12.2. The molecule has 2 rings (SSSR count). The Balaban J connectivity index is 2.55. The van der Waals surface area contributed by atoms with Crippen LogP contribution in [0.1, 0.15) is 23.0 Å². The highest BCUT2D eigenvalue weighted by Gasteiger charge is 2.31. The van der Waals surface area contributed by atoms with Crippen LogP contribution in [0.5, 0.6) is 5.75 Å². The summed E-state index contributed by atoms with van der Waals surface area (Å²) in [5.74, 6) is -0.976. The molecule has 1 amide bonds. The molecule has 1 aromatic heterocycles. The number of hydrogen-bond acceptors (Lipinski definition) is 2. The van der Waals surface area contributed by atoms with E-state index in [2.05, 4.69) is 9.72 Å². The zero-order chi connectivity index (χ0) is 14.2. The van der Waals surface area contributed by atoms with Crippen molar-refractivity contribution in [2.24, 2.45) is 5.73 Å². The molecule has 4 nitrogen and oxygen atoms in total. The molecule has 0 radical (unpaired) electrons. The van der Waals surface area contributed by atoms with Gasteiger partial charge in [-0.25, -0.2) is 0 Å². The first-order chi connectivity index (χ1) is 8.81. The molecule has 0 saturated heterocycles. The topological polar surface area (TPSA) is 68.1 Å². The van der Waals surface area contributed by atoms with Crippen molar-refractivity contribution in [2.75, 3.05) is 0 Å². The van der Waals surface area contributed by atoms with Crippen LogP contribution in [0.25, 0.3) is 10.9 Å². The van der Waals surface area contributed by atoms with Gasteiger partial charge in [0.2, 0.25) is 0 Å². The molecular weight excluding hydrogens is 261 g/mol. The van der Waals surface area contributed by atoms with Crippen molar-refractivity contribution in [3.63, 3.8) is 0 Å². The Morgan fingerprint density at radius 2 is 2.11 bits per heavy atom. The first kappa shape index (κ1) is 13.3. The maximum atomic E-state index is 12.2. The highest BCUT2D eigenvalue weighted by Crippen LogP contribution is 2.29. The summed E-state index contributed by atoms with van der Waals surface area (Å²) in [5, 5.41) is 0.498. The second-order valence-electron chi connectivity index (χ2n) is 3.95. The van der Waals surface area contributed by atoms with Gasteiger partial charge in [-0.05, 0) is 30.2 Å². The number of nitrogens with two attached hydrogens (primary N) is 1. The van der Waals surface area contributed by atoms with Gasteiger partial charge in [0.25, 0.3) is 5.91 Å². The average molecular weight is 272 g/mol. The highest BCUT2D eigenvalue weighted by molar-refractivity contribution is 6.00. The van der Waals surface area contributed by atoms with Crippen LogP contribution < -0.4 is 10.5 Å². The molecule has 0 aliphatic rings. The molecule has 19 heavy (non-hydrogen) atoms. The number of amides is 1. The van der Waals surface area contributed by atoms with Gasteiger partial charge in [0.1, 0.15) is 11.4 Å². The maximum Gasteiger partial charge on any atom is 0.573 e. The van der Waals surface area contributed by atoms with Gasteiger partial charge in [0.05, 0.1) is 0 Å². The molecule has 0 aliphatic carbocycles. The number of ether oxygens (including phenoxy) is 1. The standard InChI is InChI=1S/C12H11F3N2O2/c1-2-7-8-5-6(19-12(13,14)15)3-4-9(8)17-10(7)11(16)18/h3-5,17H,2H2,1H3,(H2,16,18). The number of aryl methyl sites for hydroxylation is 1. The van der Waals surface area contributed by atoms with Gasteiger partial charge < -0.3 is 15.5 Å². The molecule has 0 bridgehead atoms. The Kier molecular flexibility index (Phi) is 3.13. The van der Waals surface area contributed by atoms with Crippen molar-refractivity contribution >= 4 is 16.8 Å². The zero-order valence-electron chi connectivity index (χ0n) is 9.97. The van der Waals surface area contributed by atoms with Gasteiger partial charge in [-0.3, -0.25) is 4.79 Å². The van der Waals surface area contributed by atoms with Crippen LogP contribution >= 0.6 is 0 Å². The molecule has 0 fully saturated rings. The molecule has 1 heterocycles. The number of benzene rings is 1. The Morgan fingerprint density at radius 1 is 1.42 bits per heavy atom. The van der Waals surface area contributed by atoms with Crippen molar-refractivity contribution in [3.05, 3.63) is 29.5 Å². The second-order valence-corrected chi connectivity index (χ2v) is 3.95. The summed E-state index contributed by atoms with van der Waals surface area (Å²) in [5.41, 5.74) is 6.54. The number of aromatic nitrogens is 1. The normalized spacial score (nSPS) is 11.8. The number of alkyl halides is 3. The van der Waals surface area contributed by atoms with Crippen molar-refractivity contribution in [3.8, 4) is 5.75 Å². The first-order valence-corrected chi connectivity index (χ1v) is 5.52. The Bertz CT molecular complexity index is 632. The summed E-state index contributed by atoms with van der Waals surface area (Å²) < 4.78 is 40.3. The predicted octanol–water partition coefficient (Wildman–Crippen LogP) is 2.73. The molecule has 102 valence electrons. The zero-order valence-corrected chi connectivity index (χ0v) is 9.97. The number of carbonyl (C=O) groups excluding carboxylic acids is 1. The molecule has 1 aromatic carbocycles. The van der Waals surface area contributed by atoms with E-state index in [1.165, 1.54) is 18.2 Å². The molecule has 0 aliphatic heterocycles. The largest absolute Gasteiger partial charge is 0.573 e. The number of nitrogens with one attached hydrogen (secondary N) is 1. The summed E-state index contributed by atoms with van der Waals surface area (Å²) in [7, 11) is 0. The molecule has 2 aromatic rings. The summed E-state index contributed by atoms with van der Waals surface area (Å²) in [6.07, 6.45) is -4.28. The van der Waals surface area contributed by atoms with Crippen LogP contribution in [-0.2, 0) is 6.42 Å². The van der Waals surface area contributed by atoms with Gasteiger partial charge in [-0.1, -0.05) is 6.92 Å². The molecule has 0 spiro atoms. The number of hydrogen-bond donors (Lipinski definition) is 2. The summed E-state index contributed by atoms with van der Waals surface area (Å²) in [6, 6.07) is 3.84. The third-order valence-electron chi connectivity index (χ3n) is 2.71. The molecule has 3 N–H and O–H groups in total. The van der Waals surface area contributed by atoms with Gasteiger partial charge in [0, 0.05) is 10.9 Å². The van der Waals surface area contributed by atoms with Crippen molar-refractivity contribution in [1.29, 1.82) is 0 Å². The lowest BCUT2D eigenvalue weighted by atomic mass is 10.1. The number of carbonyl (C=O) groups is 1. The number of halogens is 3. The molecule has 7 heteroatoms. The van der Waals surface area contributed by atoms with E-state index in [-0.39, 0.29) is 11.4 Å². The van der Waals surface area contributed by atoms with Crippen molar-refractivity contribution < 1.29 is 22.7 Å². The summed E-state index contributed by atoms with van der Waals surface area (Å²) >= 11 is 0. The van der Waals surface area contributed by atoms with E-state index in [1.54, 1.807) is 6.92 Å². The SMILES string of the molecule is CCc1c(C(N)=O)[nH]c2ccc(OC(F)(F)F)cc12. The second kappa shape index (κ2) is 4.49. The molecule has 0 saturated carbocycles. The number of aromatic amines is 1. The molecule has 0 atom stereocenters. The number of rotatable bonds is 3. The first-order valence-electron chi connectivity index (χ1n) is 5.52. The van der Waals surface area contributed by atoms with E-state index in [4.69, 9.17) is 5.73 Å². The summed E-state index contributed by atoms with van der Waals surface area (Å²) in [6.45, 7) is 1.78. The van der Waals surface area contributed by atoms with E-state index in [9.17, 15) is 18.0 Å². The lowest BCUT2D eigenvalue weighted by Crippen LogP contribution is -2.17. The van der Waals surface area contributed by atoms with Gasteiger partial charge in [-0.2, -0.15) is 0 Å². The Morgan fingerprint density at radius 3 is 2.63 bits per heavy atom. The third kappa shape index (κ3) is 2.64. The van der Waals surface area contributed by atoms with E-state index >= 15 is 0 Å². The summed E-state index contributed by atoms with van der Waals surface area (Å²) in [4.78, 5) is 14.0. The quantitative estimate of drug-likeness (QED) is 0.902. The highest BCUT2D eigenvalue weighted by atomic mass is 19.4. The monoisotopic (exact) mass is 272 g/mol. The average Bonchev–Trinajstić information content (AvgIpc) is 2.64. The van der Waals surface area contributed by atoms with Gasteiger partial charge >= 0.3 is 6.36 Å². The van der Waals surface area contributed by atoms with Crippen molar-refractivity contribution in [2.45, 2.75) is 19.7 Å². The minimum atomic E-state index is -4.75. The Hall–Kier alpha value is -2.18. The number of H-pyrrole nitrogens is 1. The van der Waals surface area contributed by atoms with E-state index in [1.807, 2.05) is 0 Å². The third-order valence-corrected chi connectivity index (χ3v) is 2.71. The Labute approximate surface area is 106 Å². The minimum Gasteiger partial charge on any atom is -0.406 e. The number of primary amides is 1. The van der Waals surface area contributed by atoms with Crippen LogP contribution in [0, 0.1) is 0 Å². The van der Waals surface area contributed by atoms with Crippen LogP contribution in [0.15, 0.2) is 18.2 Å². The van der Waals surface area contributed by atoms with E-state index in [0.29, 0.717) is 22.9 Å². The molecule has 0 unspecified atom stereocenters. The van der Waals surface area contributed by atoms with Crippen molar-refractivity contribution in [1.82, 2.24) is 4.98 Å².